The predicted octanol–water partition coefficient (Wildman–Crippen LogP) is 4.05. The molecule has 0 radical (unpaired) electrons. The maximum Gasteiger partial charge on any atom is 0.133 e. The van der Waals surface area contributed by atoms with E-state index in [4.69, 9.17) is 4.74 Å². The van der Waals surface area contributed by atoms with Crippen LogP contribution in [0.2, 0.25) is 0 Å². The Balaban J connectivity index is 2.24. The van der Waals surface area contributed by atoms with E-state index in [-0.39, 0.29) is 0 Å². The molecule has 0 aliphatic rings. The molecule has 2 aromatic rings. The second kappa shape index (κ2) is 7.57. The van der Waals surface area contributed by atoms with E-state index in [0.29, 0.717) is 6.04 Å². The van der Waals surface area contributed by atoms with Gasteiger partial charge in [0.25, 0.3) is 0 Å². The first-order valence-electron chi connectivity index (χ1n) is 7.12. The average Bonchev–Trinajstić information content (AvgIpc) is 2.47. The topological polar surface area (TPSA) is 34.1 Å². The first kappa shape index (κ1) is 16.0. The fourth-order valence-electron chi connectivity index (χ4n) is 2.49. The molecule has 1 atom stereocenters. The molecular formula is C17H21BrN2O. The van der Waals surface area contributed by atoms with Crippen molar-refractivity contribution >= 4 is 15.9 Å². The smallest absolute Gasteiger partial charge is 0.133 e. The molecule has 112 valence electrons. The highest BCUT2D eigenvalue weighted by Gasteiger charge is 2.14. The molecule has 0 saturated carbocycles. The van der Waals surface area contributed by atoms with Crippen LogP contribution in [0.3, 0.4) is 0 Å². The lowest BCUT2D eigenvalue weighted by molar-refractivity contribution is 0.412. The fourth-order valence-corrected chi connectivity index (χ4v) is 3.07. The monoisotopic (exact) mass is 348 g/mol. The van der Waals surface area contributed by atoms with Gasteiger partial charge in [-0.3, -0.25) is 4.98 Å². The van der Waals surface area contributed by atoms with Gasteiger partial charge in [-0.2, -0.15) is 0 Å². The van der Waals surface area contributed by atoms with E-state index in [2.05, 4.69) is 58.3 Å². The number of nitrogens with one attached hydrogen (secondary N) is 1. The fraction of sp³-hybridized carbons (Fsp3) is 0.353. The van der Waals surface area contributed by atoms with Crippen molar-refractivity contribution in [2.24, 2.45) is 0 Å². The van der Waals surface area contributed by atoms with E-state index in [9.17, 15) is 0 Å². The third-order valence-electron chi connectivity index (χ3n) is 3.55. The van der Waals surface area contributed by atoms with E-state index in [1.54, 1.807) is 7.11 Å². The Kier molecular flexibility index (Phi) is 5.76. The lowest BCUT2D eigenvalue weighted by Crippen LogP contribution is -2.23. The Morgan fingerprint density at radius 3 is 2.76 bits per heavy atom. The van der Waals surface area contributed by atoms with Crippen molar-refractivity contribution in [2.75, 3.05) is 13.7 Å². The summed E-state index contributed by atoms with van der Waals surface area (Å²) in [4.78, 5) is 4.18. The molecule has 4 heteroatoms. The van der Waals surface area contributed by atoms with Crippen LogP contribution < -0.4 is 10.1 Å². The first-order chi connectivity index (χ1) is 10.2. The Morgan fingerprint density at radius 1 is 1.33 bits per heavy atom. The van der Waals surface area contributed by atoms with Crippen LogP contribution in [0.25, 0.3) is 0 Å². The average molecular weight is 349 g/mol. The Hall–Kier alpha value is -1.39. The van der Waals surface area contributed by atoms with Gasteiger partial charge in [0.05, 0.1) is 11.6 Å². The van der Waals surface area contributed by atoms with Gasteiger partial charge in [-0.1, -0.05) is 13.0 Å². The number of aromatic nitrogens is 1. The van der Waals surface area contributed by atoms with E-state index >= 15 is 0 Å². The third-order valence-corrected chi connectivity index (χ3v) is 4.17. The minimum absolute atomic E-state index is 0.290. The molecule has 0 saturated heterocycles. The van der Waals surface area contributed by atoms with Crippen molar-refractivity contribution in [3.63, 3.8) is 0 Å². The second-order valence-electron chi connectivity index (χ2n) is 5.02. The standard InChI is InChI=1S/C17H21BrN2O/c1-4-20-16(14-7-8-19-11-12(14)2)10-13-5-6-17(21-3)15(18)9-13/h5-9,11,16,20H,4,10H2,1-3H3. The van der Waals surface area contributed by atoms with Gasteiger partial charge in [0, 0.05) is 18.4 Å². The summed E-state index contributed by atoms with van der Waals surface area (Å²) in [5.74, 6) is 0.860. The maximum absolute atomic E-state index is 5.29. The van der Waals surface area contributed by atoms with Crippen molar-refractivity contribution < 1.29 is 4.74 Å². The van der Waals surface area contributed by atoms with Crippen molar-refractivity contribution in [1.29, 1.82) is 0 Å². The zero-order valence-electron chi connectivity index (χ0n) is 12.7. The molecule has 3 nitrogen and oxygen atoms in total. The molecule has 1 N–H and O–H groups in total. The Bertz CT molecular complexity index is 601. The molecule has 21 heavy (non-hydrogen) atoms. The Labute approximate surface area is 134 Å². The van der Waals surface area contributed by atoms with Crippen LogP contribution in [-0.4, -0.2) is 18.6 Å². The number of pyridine rings is 1. The summed E-state index contributed by atoms with van der Waals surface area (Å²) in [6.45, 7) is 5.17. The summed E-state index contributed by atoms with van der Waals surface area (Å²) < 4.78 is 6.28. The summed E-state index contributed by atoms with van der Waals surface area (Å²) in [6.07, 6.45) is 4.71. The highest BCUT2D eigenvalue weighted by molar-refractivity contribution is 9.10. The van der Waals surface area contributed by atoms with Gasteiger partial charge in [-0.15, -0.1) is 0 Å². The third kappa shape index (κ3) is 4.05. The van der Waals surface area contributed by atoms with Crippen molar-refractivity contribution in [2.45, 2.75) is 26.3 Å². The second-order valence-corrected chi connectivity index (χ2v) is 5.87. The van der Waals surface area contributed by atoms with Gasteiger partial charge in [0.15, 0.2) is 0 Å². The molecule has 0 bridgehead atoms. The zero-order chi connectivity index (χ0) is 15.2. The van der Waals surface area contributed by atoms with Gasteiger partial charge in [-0.25, -0.2) is 0 Å². The SMILES string of the molecule is CCNC(Cc1ccc(OC)c(Br)c1)c1ccncc1C. The van der Waals surface area contributed by atoms with Crippen LogP contribution in [0.4, 0.5) is 0 Å². The van der Waals surface area contributed by atoms with Gasteiger partial charge < -0.3 is 10.1 Å². The van der Waals surface area contributed by atoms with Crippen LogP contribution in [0.15, 0.2) is 41.1 Å². The first-order valence-corrected chi connectivity index (χ1v) is 7.91. The lowest BCUT2D eigenvalue weighted by atomic mass is 9.96. The number of hydrogen-bond donors (Lipinski definition) is 1. The minimum Gasteiger partial charge on any atom is -0.496 e. The summed E-state index contributed by atoms with van der Waals surface area (Å²) in [6, 6.07) is 8.63. The summed E-state index contributed by atoms with van der Waals surface area (Å²) in [5, 5.41) is 3.56. The molecule has 1 unspecified atom stereocenters. The molecule has 0 amide bonds. The van der Waals surface area contributed by atoms with Gasteiger partial charge in [-0.05, 0) is 70.7 Å². The van der Waals surface area contributed by atoms with Crippen molar-refractivity contribution in [1.82, 2.24) is 10.3 Å². The normalized spacial score (nSPS) is 12.2. The Morgan fingerprint density at radius 2 is 2.14 bits per heavy atom. The molecule has 1 heterocycles. The highest BCUT2D eigenvalue weighted by Crippen LogP contribution is 2.28. The van der Waals surface area contributed by atoms with Gasteiger partial charge >= 0.3 is 0 Å². The number of ether oxygens (including phenoxy) is 1. The van der Waals surface area contributed by atoms with Crippen LogP contribution in [-0.2, 0) is 6.42 Å². The highest BCUT2D eigenvalue weighted by atomic mass is 79.9. The molecular weight excluding hydrogens is 328 g/mol. The number of aryl methyl sites for hydroxylation is 1. The number of nitrogens with zero attached hydrogens (tertiary/aromatic N) is 1. The number of benzene rings is 1. The number of hydrogen-bond acceptors (Lipinski definition) is 3. The summed E-state index contributed by atoms with van der Waals surface area (Å²) in [7, 11) is 1.68. The maximum atomic E-state index is 5.29. The lowest BCUT2D eigenvalue weighted by Gasteiger charge is -2.20. The van der Waals surface area contributed by atoms with E-state index in [1.165, 1.54) is 16.7 Å². The van der Waals surface area contributed by atoms with E-state index in [1.807, 2.05) is 18.5 Å². The number of likely N-dealkylation sites (N-methyl/N-ethyl adjacent to an activating group) is 1. The van der Waals surface area contributed by atoms with Gasteiger partial charge in [0.2, 0.25) is 0 Å². The van der Waals surface area contributed by atoms with Crippen LogP contribution in [0, 0.1) is 6.92 Å². The van der Waals surface area contributed by atoms with Crippen molar-refractivity contribution in [3.8, 4) is 5.75 Å². The summed E-state index contributed by atoms with van der Waals surface area (Å²) >= 11 is 3.55. The number of halogens is 1. The molecule has 1 aromatic heterocycles. The predicted molar refractivity (Wildman–Crippen MR) is 89.8 cm³/mol. The minimum atomic E-state index is 0.290. The van der Waals surface area contributed by atoms with Crippen LogP contribution in [0.5, 0.6) is 5.75 Å². The van der Waals surface area contributed by atoms with Crippen molar-refractivity contribution in [3.05, 3.63) is 57.8 Å². The van der Waals surface area contributed by atoms with Crippen LogP contribution in [0.1, 0.15) is 29.7 Å². The molecule has 2 rings (SSSR count). The summed E-state index contributed by atoms with van der Waals surface area (Å²) in [5.41, 5.74) is 3.79. The largest absolute Gasteiger partial charge is 0.496 e. The van der Waals surface area contributed by atoms with E-state index in [0.717, 1.165) is 23.2 Å². The van der Waals surface area contributed by atoms with Crippen LogP contribution >= 0.6 is 15.9 Å². The molecule has 0 aliphatic heterocycles. The molecule has 0 spiro atoms. The molecule has 0 aliphatic carbocycles. The molecule has 1 aromatic carbocycles. The number of methoxy groups -OCH3 is 1. The van der Waals surface area contributed by atoms with Gasteiger partial charge in [0.1, 0.15) is 5.75 Å². The quantitative estimate of drug-likeness (QED) is 0.854. The van der Waals surface area contributed by atoms with E-state index < -0.39 is 0 Å². The zero-order valence-corrected chi connectivity index (χ0v) is 14.3. The molecule has 0 fully saturated rings. The number of rotatable bonds is 6.